The van der Waals surface area contributed by atoms with Gasteiger partial charge in [-0.25, -0.2) is 27.1 Å². The molecule has 0 unspecified atom stereocenters. The van der Waals surface area contributed by atoms with Crippen LogP contribution in [0, 0.1) is 5.82 Å². The molecule has 1 saturated heterocycles. The van der Waals surface area contributed by atoms with Gasteiger partial charge in [0, 0.05) is 40.4 Å². The van der Waals surface area contributed by atoms with Gasteiger partial charge in [0.2, 0.25) is 0 Å². The minimum Gasteiger partial charge on any atom is -0.497 e. The molecule has 0 amide bonds. The Labute approximate surface area is 303 Å². The molecule has 3 aromatic carbocycles. The molecule has 1 aromatic heterocycles. The number of alkyl halides is 3. The van der Waals surface area contributed by atoms with Crippen LogP contribution in [0.25, 0.3) is 0 Å². The number of nitrogens with one attached hydrogen (secondary N) is 1. The fourth-order valence-electron chi connectivity index (χ4n) is 7.08. The molecule has 0 bridgehead atoms. The molecule has 3 atom stereocenters. The number of nitrogens with zero attached hydrogens (tertiary/aromatic N) is 4. The van der Waals surface area contributed by atoms with E-state index in [0.29, 0.717) is 52.0 Å². The Balaban J connectivity index is 1.28. The van der Waals surface area contributed by atoms with Crippen LogP contribution in [0.2, 0.25) is 0 Å². The van der Waals surface area contributed by atoms with E-state index >= 15 is 4.39 Å². The summed E-state index contributed by atoms with van der Waals surface area (Å²) in [5, 5.41) is 3.46. The van der Waals surface area contributed by atoms with E-state index in [-0.39, 0.29) is 30.4 Å². The number of aromatic nitrogens is 2. The zero-order valence-electron chi connectivity index (χ0n) is 28.0. The number of likely N-dealkylation sites (tertiary alicyclic amines) is 1. The largest absolute Gasteiger partial charge is 0.497 e. The number of sulfonamides is 1. The predicted molar refractivity (Wildman–Crippen MR) is 189 cm³/mol. The molecular weight excluding hydrogens is 754 g/mol. The van der Waals surface area contributed by atoms with Crippen molar-refractivity contribution in [3.63, 3.8) is 0 Å². The Hall–Kier alpha value is -3.95. The zero-order valence-corrected chi connectivity index (χ0v) is 30.4. The summed E-state index contributed by atoms with van der Waals surface area (Å²) in [5.41, 5.74) is 0.874. The summed E-state index contributed by atoms with van der Waals surface area (Å²) in [7, 11) is -1.58. The Morgan fingerprint density at radius 3 is 2.49 bits per heavy atom. The van der Waals surface area contributed by atoms with Crippen LogP contribution in [0.3, 0.4) is 0 Å². The van der Waals surface area contributed by atoms with Gasteiger partial charge in [0.15, 0.2) is 0 Å². The van der Waals surface area contributed by atoms with Gasteiger partial charge in [-0.15, -0.1) is 0 Å². The topological polar surface area (TPSA) is 96.9 Å². The SMILES string of the molecule is COc1ccc(CN(c2ccncn2)S(=O)(=O)c2cc(Br)c(N[C@H]3CC[C@H](c4cccc(C(F)(F)F)c4)C[C@@H]3N3CCCC3)cc2F)c(OC)c1. The average molecular weight is 793 g/mol. The first-order chi connectivity index (χ1) is 24.4. The van der Waals surface area contributed by atoms with Crippen LogP contribution in [0.4, 0.5) is 29.1 Å². The zero-order chi connectivity index (χ0) is 36.3. The number of rotatable bonds is 11. The summed E-state index contributed by atoms with van der Waals surface area (Å²) >= 11 is 3.50. The summed E-state index contributed by atoms with van der Waals surface area (Å²) in [6, 6.07) is 14.2. The van der Waals surface area contributed by atoms with Crippen molar-refractivity contribution in [3.05, 3.63) is 100 Å². The monoisotopic (exact) mass is 791 g/mol. The summed E-state index contributed by atoms with van der Waals surface area (Å²) in [5.74, 6) is -0.106. The summed E-state index contributed by atoms with van der Waals surface area (Å²) in [4.78, 5) is 9.85. The van der Waals surface area contributed by atoms with E-state index in [1.54, 1.807) is 24.3 Å². The standard InChI is InChI=1S/C36H38BrF4N5O4S/c1-49-27-10-8-25(33(18-27)50-2)21-46(35-12-13-42-22-43-35)51(47,48)34-19-28(37)31(20-29(34)38)44-30-11-9-24(17-32(30)45-14-3-4-15-45)23-6-5-7-26(16-23)36(39,40)41/h5-8,10,12-13,16,18-20,22,24,30,32,44H,3-4,9,11,14-15,17,21H2,1-2H3/t24-,30-,32-/m0/s1. The highest BCUT2D eigenvalue weighted by molar-refractivity contribution is 9.10. The van der Waals surface area contributed by atoms with Crippen LogP contribution in [0.1, 0.15) is 54.7 Å². The van der Waals surface area contributed by atoms with Crippen LogP contribution in [0.15, 0.2) is 82.6 Å². The minimum absolute atomic E-state index is 0.0214. The van der Waals surface area contributed by atoms with E-state index in [4.69, 9.17) is 9.47 Å². The van der Waals surface area contributed by atoms with E-state index in [0.717, 1.165) is 36.3 Å². The molecule has 1 saturated carbocycles. The van der Waals surface area contributed by atoms with Crippen molar-refractivity contribution in [2.75, 3.05) is 36.9 Å². The van der Waals surface area contributed by atoms with Gasteiger partial charge in [-0.1, -0.05) is 18.2 Å². The van der Waals surface area contributed by atoms with Gasteiger partial charge in [0.05, 0.1) is 32.0 Å². The van der Waals surface area contributed by atoms with Gasteiger partial charge < -0.3 is 14.8 Å². The van der Waals surface area contributed by atoms with E-state index in [2.05, 4.69) is 36.1 Å². The molecule has 15 heteroatoms. The van der Waals surface area contributed by atoms with Crippen LogP contribution >= 0.6 is 15.9 Å². The van der Waals surface area contributed by atoms with Crippen LogP contribution in [-0.4, -0.2) is 62.7 Å². The van der Waals surface area contributed by atoms with Crippen molar-refractivity contribution in [2.24, 2.45) is 0 Å². The number of anilines is 2. The molecule has 2 fully saturated rings. The van der Waals surface area contributed by atoms with Crippen molar-refractivity contribution in [3.8, 4) is 11.5 Å². The Morgan fingerprint density at radius 2 is 1.80 bits per heavy atom. The lowest BCUT2D eigenvalue weighted by Gasteiger charge is -2.42. The summed E-state index contributed by atoms with van der Waals surface area (Å²) < 4.78 is 97.3. The van der Waals surface area contributed by atoms with Crippen LogP contribution in [0.5, 0.6) is 11.5 Å². The van der Waals surface area contributed by atoms with Gasteiger partial charge in [0.25, 0.3) is 10.0 Å². The van der Waals surface area contributed by atoms with Crippen molar-refractivity contribution >= 4 is 37.5 Å². The Kier molecular flexibility index (Phi) is 11.1. The molecule has 6 rings (SSSR count). The lowest BCUT2D eigenvalue weighted by Crippen LogP contribution is -2.49. The summed E-state index contributed by atoms with van der Waals surface area (Å²) in [6.45, 7) is 1.50. The van der Waals surface area contributed by atoms with Gasteiger partial charge >= 0.3 is 6.18 Å². The van der Waals surface area contributed by atoms with Gasteiger partial charge in [-0.2, -0.15) is 13.2 Å². The quantitative estimate of drug-likeness (QED) is 0.153. The number of hydrogen-bond donors (Lipinski definition) is 1. The van der Waals surface area contributed by atoms with Crippen molar-refractivity contribution in [2.45, 2.75) is 67.7 Å². The second-order valence-electron chi connectivity index (χ2n) is 12.7. The van der Waals surface area contributed by atoms with Gasteiger partial charge in [-0.05, 0) is 103 Å². The van der Waals surface area contributed by atoms with Gasteiger partial charge in [-0.3, -0.25) is 4.90 Å². The molecular formula is C36H38BrF4N5O4S. The van der Waals surface area contributed by atoms with Crippen LogP contribution in [-0.2, 0) is 22.7 Å². The fraction of sp³-hybridized carbons (Fsp3) is 0.389. The lowest BCUT2D eigenvalue weighted by atomic mass is 9.77. The smallest absolute Gasteiger partial charge is 0.416 e. The Morgan fingerprint density at radius 1 is 1.02 bits per heavy atom. The molecule has 4 aromatic rings. The van der Waals surface area contributed by atoms with Crippen molar-refractivity contribution < 1.29 is 35.5 Å². The highest BCUT2D eigenvalue weighted by Crippen LogP contribution is 2.41. The molecule has 9 nitrogen and oxygen atoms in total. The number of halogens is 5. The molecule has 1 aliphatic heterocycles. The van der Waals surface area contributed by atoms with Gasteiger partial charge in [0.1, 0.15) is 34.4 Å². The third-order valence-electron chi connectivity index (χ3n) is 9.67. The number of hydrogen-bond acceptors (Lipinski definition) is 8. The average Bonchev–Trinajstić information content (AvgIpc) is 3.67. The molecule has 272 valence electrons. The minimum atomic E-state index is -4.54. The molecule has 51 heavy (non-hydrogen) atoms. The maximum absolute atomic E-state index is 16.1. The van der Waals surface area contributed by atoms with E-state index < -0.39 is 32.5 Å². The van der Waals surface area contributed by atoms with E-state index in [1.165, 1.54) is 57.1 Å². The first-order valence-corrected chi connectivity index (χ1v) is 18.8. The lowest BCUT2D eigenvalue weighted by molar-refractivity contribution is -0.137. The van der Waals surface area contributed by atoms with E-state index in [1.807, 2.05) is 0 Å². The first kappa shape index (κ1) is 36.8. The van der Waals surface area contributed by atoms with E-state index in [9.17, 15) is 21.6 Å². The Bertz CT molecular complexity index is 1950. The van der Waals surface area contributed by atoms with Crippen molar-refractivity contribution in [1.82, 2.24) is 14.9 Å². The summed E-state index contributed by atoms with van der Waals surface area (Å²) in [6.07, 6.45) is 2.12. The molecule has 1 N–H and O–H groups in total. The maximum atomic E-state index is 16.1. The second-order valence-corrected chi connectivity index (χ2v) is 15.4. The third kappa shape index (κ3) is 8.10. The highest BCUT2D eigenvalue weighted by Gasteiger charge is 2.38. The molecule has 0 spiro atoms. The maximum Gasteiger partial charge on any atom is 0.416 e. The highest BCUT2D eigenvalue weighted by atomic mass is 79.9. The normalized spacial score (nSPS) is 19.9. The van der Waals surface area contributed by atoms with Crippen LogP contribution < -0.4 is 19.1 Å². The van der Waals surface area contributed by atoms with Crippen molar-refractivity contribution in [1.29, 1.82) is 0 Å². The number of methoxy groups -OCH3 is 2. The predicted octanol–water partition coefficient (Wildman–Crippen LogP) is 8.02. The molecule has 1 aliphatic carbocycles. The third-order valence-corrected chi connectivity index (χ3v) is 12.1. The first-order valence-electron chi connectivity index (χ1n) is 16.6. The molecule has 2 aliphatic rings. The second kappa shape index (κ2) is 15.3. The number of benzene rings is 3. The fourth-order valence-corrected chi connectivity index (χ4v) is 9.16. The number of ether oxygens (including phenoxy) is 2. The molecule has 2 heterocycles. The molecule has 0 radical (unpaired) electrons.